The molecule has 0 aromatic heterocycles. The number of halogens is 3. The van der Waals surface area contributed by atoms with Gasteiger partial charge in [0.2, 0.25) is 0 Å². The van der Waals surface area contributed by atoms with Gasteiger partial charge in [0.05, 0.1) is 17.6 Å². The Morgan fingerprint density at radius 1 is 1.33 bits per heavy atom. The minimum atomic E-state index is 0.593. The maximum atomic E-state index is 6.08. The van der Waals surface area contributed by atoms with Crippen molar-refractivity contribution in [3.63, 3.8) is 0 Å². The molecule has 1 aromatic carbocycles. The second-order valence-corrected chi connectivity index (χ2v) is 4.34. The zero-order valence-electron chi connectivity index (χ0n) is 8.32. The van der Waals surface area contributed by atoms with Crippen molar-refractivity contribution >= 4 is 39.1 Å². The first-order chi connectivity index (χ1) is 7.19. The number of hydrogen-bond acceptors (Lipinski definition) is 2. The molecule has 0 spiro atoms. The monoisotopic (exact) mass is 311 g/mol. The largest absolute Gasteiger partial charge is 0.495 e. The molecule has 0 aliphatic carbocycles. The highest BCUT2D eigenvalue weighted by Gasteiger charge is 2.07. The van der Waals surface area contributed by atoms with Crippen LogP contribution in [0.25, 0.3) is 0 Å². The molecule has 0 amide bonds. The summed E-state index contributed by atoms with van der Waals surface area (Å²) in [5, 5.41) is 4.44. The zero-order valence-corrected chi connectivity index (χ0v) is 11.4. The maximum absolute atomic E-state index is 6.08. The van der Waals surface area contributed by atoms with Crippen LogP contribution < -0.4 is 10.1 Å². The van der Waals surface area contributed by atoms with E-state index in [1.165, 1.54) is 0 Å². The van der Waals surface area contributed by atoms with Gasteiger partial charge in [0.15, 0.2) is 0 Å². The third-order valence-electron chi connectivity index (χ3n) is 1.99. The predicted molar refractivity (Wildman–Crippen MR) is 68.5 cm³/mol. The molecular formula is C10H12BrCl2NO. The average Bonchev–Trinajstić information content (AvgIpc) is 2.23. The summed E-state index contributed by atoms with van der Waals surface area (Å²) in [4.78, 5) is 0. The highest BCUT2D eigenvalue weighted by Crippen LogP contribution is 2.30. The number of ether oxygens (including phenoxy) is 1. The van der Waals surface area contributed by atoms with Crippen LogP contribution in [0.15, 0.2) is 12.1 Å². The topological polar surface area (TPSA) is 21.3 Å². The molecular weight excluding hydrogens is 301 g/mol. The van der Waals surface area contributed by atoms with Gasteiger partial charge >= 0.3 is 0 Å². The Hall–Kier alpha value is 0.0400. The lowest BCUT2D eigenvalue weighted by Crippen LogP contribution is -2.14. The lowest BCUT2D eigenvalue weighted by atomic mass is 10.1. The van der Waals surface area contributed by atoms with Crippen LogP contribution in [-0.2, 0) is 6.42 Å². The molecule has 1 N–H and O–H groups in total. The van der Waals surface area contributed by atoms with Crippen molar-refractivity contribution in [3.8, 4) is 5.75 Å². The summed E-state index contributed by atoms with van der Waals surface area (Å²) in [5.74, 6) is 0.610. The molecule has 0 unspecified atom stereocenters. The fraction of sp³-hybridized carbons (Fsp3) is 0.400. The standard InChI is InChI=1S/C10H12BrCl2NO/c1-15-10-5-8(12)7(4-9(10)13)2-3-14-6-11/h4-5,14H,2-3,6H2,1H3. The van der Waals surface area contributed by atoms with Crippen molar-refractivity contribution < 1.29 is 4.74 Å². The van der Waals surface area contributed by atoms with Gasteiger partial charge in [-0.25, -0.2) is 0 Å². The van der Waals surface area contributed by atoms with Crippen molar-refractivity contribution in [3.05, 3.63) is 27.7 Å². The Bertz CT molecular complexity index is 333. The highest BCUT2D eigenvalue weighted by atomic mass is 79.9. The van der Waals surface area contributed by atoms with E-state index in [9.17, 15) is 0 Å². The molecule has 0 fully saturated rings. The van der Waals surface area contributed by atoms with Crippen LogP contribution in [0.1, 0.15) is 5.56 Å². The summed E-state index contributed by atoms with van der Waals surface area (Å²) in [6, 6.07) is 3.59. The molecule has 0 bridgehead atoms. The number of hydrogen-bond donors (Lipinski definition) is 1. The molecule has 0 saturated carbocycles. The Morgan fingerprint density at radius 3 is 2.67 bits per heavy atom. The maximum Gasteiger partial charge on any atom is 0.138 e. The summed E-state index contributed by atoms with van der Waals surface area (Å²) in [5.41, 5.74) is 1.80. The second-order valence-electron chi connectivity index (χ2n) is 2.96. The summed E-state index contributed by atoms with van der Waals surface area (Å²) >= 11 is 15.4. The van der Waals surface area contributed by atoms with E-state index >= 15 is 0 Å². The van der Waals surface area contributed by atoms with E-state index < -0.39 is 0 Å². The molecule has 2 nitrogen and oxygen atoms in total. The molecule has 84 valence electrons. The number of benzene rings is 1. The van der Waals surface area contributed by atoms with Gasteiger partial charge in [-0.1, -0.05) is 39.1 Å². The quantitative estimate of drug-likeness (QED) is 0.510. The Labute approximate surface area is 108 Å². The fourth-order valence-corrected chi connectivity index (χ4v) is 2.00. The van der Waals surface area contributed by atoms with Crippen LogP contribution in [0.2, 0.25) is 10.0 Å². The Morgan fingerprint density at radius 2 is 2.07 bits per heavy atom. The van der Waals surface area contributed by atoms with E-state index in [1.54, 1.807) is 13.2 Å². The minimum Gasteiger partial charge on any atom is -0.495 e. The molecule has 0 heterocycles. The van der Waals surface area contributed by atoms with E-state index in [0.29, 0.717) is 15.8 Å². The van der Waals surface area contributed by atoms with Gasteiger partial charge in [-0.05, 0) is 18.1 Å². The summed E-state index contributed by atoms with van der Waals surface area (Å²) in [6.07, 6.45) is 0.841. The van der Waals surface area contributed by atoms with Crippen LogP contribution in [0.4, 0.5) is 0 Å². The van der Waals surface area contributed by atoms with Crippen LogP contribution in [0.3, 0.4) is 0 Å². The fourth-order valence-electron chi connectivity index (χ4n) is 1.21. The van der Waals surface area contributed by atoms with Gasteiger partial charge in [0.25, 0.3) is 0 Å². The summed E-state index contributed by atoms with van der Waals surface area (Å²) < 4.78 is 5.07. The molecule has 5 heteroatoms. The Balaban J connectivity index is 2.76. The molecule has 1 rings (SSSR count). The van der Waals surface area contributed by atoms with Crippen molar-refractivity contribution in [2.24, 2.45) is 0 Å². The normalized spacial score (nSPS) is 10.4. The van der Waals surface area contributed by atoms with Gasteiger partial charge in [0, 0.05) is 17.6 Å². The second kappa shape index (κ2) is 6.59. The van der Waals surface area contributed by atoms with Gasteiger partial charge in [-0.15, -0.1) is 0 Å². The van der Waals surface area contributed by atoms with Gasteiger partial charge in [0.1, 0.15) is 5.75 Å². The van der Waals surface area contributed by atoms with E-state index in [0.717, 1.165) is 24.0 Å². The molecule has 0 radical (unpaired) electrons. The van der Waals surface area contributed by atoms with E-state index in [2.05, 4.69) is 21.2 Å². The first kappa shape index (κ1) is 13.1. The van der Waals surface area contributed by atoms with Crippen LogP contribution in [0.5, 0.6) is 5.75 Å². The number of methoxy groups -OCH3 is 1. The van der Waals surface area contributed by atoms with Gasteiger partial charge < -0.3 is 10.1 Å². The predicted octanol–water partition coefficient (Wildman–Crippen LogP) is 3.49. The molecule has 1 aromatic rings. The zero-order chi connectivity index (χ0) is 11.3. The van der Waals surface area contributed by atoms with Gasteiger partial charge in [-0.2, -0.15) is 0 Å². The SMILES string of the molecule is COc1cc(Cl)c(CCNCBr)cc1Cl. The molecule has 15 heavy (non-hydrogen) atoms. The molecule has 0 saturated heterocycles. The molecule has 0 aliphatic rings. The molecule has 0 aliphatic heterocycles. The van der Waals surface area contributed by atoms with Gasteiger partial charge in [-0.3, -0.25) is 0 Å². The smallest absolute Gasteiger partial charge is 0.138 e. The number of rotatable bonds is 5. The van der Waals surface area contributed by atoms with Crippen molar-refractivity contribution in [1.82, 2.24) is 5.32 Å². The van der Waals surface area contributed by atoms with E-state index in [4.69, 9.17) is 27.9 Å². The average molecular weight is 313 g/mol. The summed E-state index contributed by atoms with van der Waals surface area (Å²) in [7, 11) is 1.57. The van der Waals surface area contributed by atoms with Crippen LogP contribution >= 0.6 is 39.1 Å². The first-order valence-electron chi connectivity index (χ1n) is 4.47. The highest BCUT2D eigenvalue weighted by molar-refractivity contribution is 9.09. The van der Waals surface area contributed by atoms with Crippen molar-refractivity contribution in [2.45, 2.75) is 6.42 Å². The minimum absolute atomic E-state index is 0.593. The van der Waals surface area contributed by atoms with E-state index in [1.807, 2.05) is 6.07 Å². The third kappa shape index (κ3) is 3.83. The first-order valence-corrected chi connectivity index (χ1v) is 6.35. The van der Waals surface area contributed by atoms with Crippen LogP contribution in [0, 0.1) is 0 Å². The molecule has 0 atom stereocenters. The lowest BCUT2D eigenvalue weighted by Gasteiger charge is -2.08. The number of nitrogens with one attached hydrogen (secondary N) is 1. The van der Waals surface area contributed by atoms with E-state index in [-0.39, 0.29) is 0 Å². The third-order valence-corrected chi connectivity index (χ3v) is 3.03. The van der Waals surface area contributed by atoms with Crippen molar-refractivity contribution in [1.29, 1.82) is 0 Å². The Kier molecular flexibility index (Phi) is 5.75. The summed E-state index contributed by atoms with van der Waals surface area (Å²) in [6.45, 7) is 0.855. The number of alkyl halides is 1. The van der Waals surface area contributed by atoms with Crippen LogP contribution in [-0.4, -0.2) is 19.1 Å². The van der Waals surface area contributed by atoms with Crippen molar-refractivity contribution in [2.75, 3.05) is 19.1 Å². The lowest BCUT2D eigenvalue weighted by molar-refractivity contribution is 0.415.